The number of fused-ring (bicyclic) bond motifs is 2. The van der Waals surface area contributed by atoms with Crippen LogP contribution in [0.4, 0.5) is 5.69 Å². The van der Waals surface area contributed by atoms with Crippen LogP contribution in [0, 0.1) is 0 Å². The van der Waals surface area contributed by atoms with Gasteiger partial charge in [-0.1, -0.05) is 36.4 Å². The highest BCUT2D eigenvalue weighted by Crippen LogP contribution is 2.31. The summed E-state index contributed by atoms with van der Waals surface area (Å²) in [6.45, 7) is 1.85. The van der Waals surface area contributed by atoms with Crippen molar-refractivity contribution in [3.05, 3.63) is 64.7 Å². The number of nitrogens with one attached hydrogen (secondary N) is 1. The van der Waals surface area contributed by atoms with Crippen LogP contribution in [0.25, 0.3) is 0 Å². The first-order valence-corrected chi connectivity index (χ1v) is 11.2. The van der Waals surface area contributed by atoms with Gasteiger partial charge in [-0.15, -0.1) is 0 Å². The zero-order valence-corrected chi connectivity index (χ0v) is 19.1. The van der Waals surface area contributed by atoms with Crippen molar-refractivity contribution in [1.82, 2.24) is 9.80 Å². The van der Waals surface area contributed by atoms with Crippen LogP contribution < -0.4 is 5.32 Å². The minimum Gasteiger partial charge on any atom is -0.480 e. The molecule has 0 unspecified atom stereocenters. The van der Waals surface area contributed by atoms with E-state index in [1.165, 1.54) is 4.90 Å². The Balaban J connectivity index is 1.48. The van der Waals surface area contributed by atoms with Crippen molar-refractivity contribution in [2.75, 3.05) is 51.6 Å². The first-order chi connectivity index (χ1) is 16.3. The maximum absolute atomic E-state index is 13.0. The van der Waals surface area contributed by atoms with Crippen LogP contribution in [0.1, 0.15) is 44.7 Å². The Labute approximate surface area is 198 Å². The van der Waals surface area contributed by atoms with Crippen LogP contribution in [-0.2, 0) is 9.59 Å². The SMILES string of the molecule is CN(CCCNc1cccc2c1C(=O)c1ccccc1C2=O)CCCN(CC(=O)O)CC(=O)O. The van der Waals surface area contributed by atoms with Gasteiger partial charge in [0.15, 0.2) is 11.6 Å². The lowest BCUT2D eigenvalue weighted by molar-refractivity contribution is -0.141. The fourth-order valence-corrected chi connectivity index (χ4v) is 4.14. The highest BCUT2D eigenvalue weighted by atomic mass is 16.4. The highest BCUT2D eigenvalue weighted by Gasteiger charge is 2.31. The number of carbonyl (C=O) groups is 4. The largest absolute Gasteiger partial charge is 0.480 e. The molecule has 0 aliphatic heterocycles. The topological polar surface area (TPSA) is 127 Å². The molecule has 34 heavy (non-hydrogen) atoms. The first kappa shape index (κ1) is 25.1. The normalized spacial score (nSPS) is 12.6. The molecule has 3 rings (SSSR count). The number of anilines is 1. The highest BCUT2D eigenvalue weighted by molar-refractivity contribution is 6.30. The number of nitrogens with zero attached hydrogens (tertiary/aromatic N) is 2. The number of hydrogen-bond donors (Lipinski definition) is 3. The number of carboxylic acid groups (broad SMARTS) is 2. The molecule has 0 amide bonds. The van der Waals surface area contributed by atoms with Crippen LogP contribution in [0.5, 0.6) is 0 Å². The zero-order chi connectivity index (χ0) is 24.7. The van der Waals surface area contributed by atoms with Gasteiger partial charge in [0.05, 0.1) is 18.7 Å². The summed E-state index contributed by atoms with van der Waals surface area (Å²) >= 11 is 0. The van der Waals surface area contributed by atoms with E-state index < -0.39 is 11.9 Å². The van der Waals surface area contributed by atoms with Gasteiger partial charge in [0.2, 0.25) is 0 Å². The monoisotopic (exact) mass is 467 g/mol. The van der Waals surface area contributed by atoms with Gasteiger partial charge in [0.1, 0.15) is 0 Å². The molecule has 9 nitrogen and oxygen atoms in total. The van der Waals surface area contributed by atoms with Crippen LogP contribution >= 0.6 is 0 Å². The maximum Gasteiger partial charge on any atom is 0.317 e. The average molecular weight is 468 g/mol. The van der Waals surface area contributed by atoms with Crippen molar-refractivity contribution in [1.29, 1.82) is 0 Å². The van der Waals surface area contributed by atoms with Gasteiger partial charge >= 0.3 is 11.9 Å². The summed E-state index contributed by atoms with van der Waals surface area (Å²) < 4.78 is 0. The second-order valence-corrected chi connectivity index (χ2v) is 8.37. The predicted octanol–water partition coefficient (Wildman–Crippen LogP) is 2.06. The van der Waals surface area contributed by atoms with E-state index in [1.807, 2.05) is 7.05 Å². The lowest BCUT2D eigenvalue weighted by Gasteiger charge is -2.22. The van der Waals surface area contributed by atoms with Crippen molar-refractivity contribution < 1.29 is 29.4 Å². The zero-order valence-electron chi connectivity index (χ0n) is 19.1. The summed E-state index contributed by atoms with van der Waals surface area (Å²) in [5, 5.41) is 21.1. The molecule has 2 aromatic carbocycles. The molecule has 9 heteroatoms. The quantitative estimate of drug-likeness (QED) is 0.324. The molecule has 3 N–H and O–H groups in total. The molecule has 0 heterocycles. The van der Waals surface area contributed by atoms with Gasteiger partial charge in [0, 0.05) is 35.5 Å². The minimum atomic E-state index is -1.05. The van der Waals surface area contributed by atoms with E-state index in [-0.39, 0.29) is 24.7 Å². The second-order valence-electron chi connectivity index (χ2n) is 8.37. The van der Waals surface area contributed by atoms with Crippen molar-refractivity contribution >= 4 is 29.2 Å². The lowest BCUT2D eigenvalue weighted by atomic mass is 9.83. The van der Waals surface area contributed by atoms with Gasteiger partial charge in [-0.3, -0.25) is 24.1 Å². The number of benzene rings is 2. The summed E-state index contributed by atoms with van der Waals surface area (Å²) in [7, 11) is 1.95. The van der Waals surface area contributed by atoms with Crippen molar-refractivity contribution in [3.8, 4) is 0 Å². The molecule has 0 bridgehead atoms. The molecule has 180 valence electrons. The number of hydrogen-bond acceptors (Lipinski definition) is 7. The Hall–Kier alpha value is -3.56. The van der Waals surface area contributed by atoms with Crippen LogP contribution in [0.3, 0.4) is 0 Å². The lowest BCUT2D eigenvalue weighted by Crippen LogP contribution is -2.36. The standard InChI is InChI=1S/C25H29N3O6/c1-27(13-6-14-28(15-21(29)30)16-22(31)32)12-5-11-26-20-10-4-9-19-23(20)25(34)18-8-3-2-7-17(18)24(19)33/h2-4,7-10,26H,5-6,11-16H2,1H3,(H,29,30)(H,31,32). The Morgan fingerprint density at radius 3 is 2.03 bits per heavy atom. The molecule has 0 aromatic heterocycles. The fourth-order valence-electron chi connectivity index (χ4n) is 4.14. The summed E-state index contributed by atoms with van der Waals surface area (Å²) in [6, 6.07) is 12.1. The molecule has 2 aromatic rings. The van der Waals surface area contributed by atoms with Gasteiger partial charge in [-0.05, 0) is 39.0 Å². The fraction of sp³-hybridized carbons (Fsp3) is 0.360. The molecule has 0 spiro atoms. The van der Waals surface area contributed by atoms with Crippen LogP contribution in [-0.4, -0.2) is 89.8 Å². The second kappa shape index (κ2) is 11.5. The third-order valence-corrected chi connectivity index (χ3v) is 5.72. The number of ketones is 2. The molecule has 1 aliphatic carbocycles. The number of carbonyl (C=O) groups excluding carboxylic acids is 2. The molecular formula is C25H29N3O6. The van der Waals surface area contributed by atoms with Crippen LogP contribution in [0.2, 0.25) is 0 Å². The van der Waals surface area contributed by atoms with E-state index in [4.69, 9.17) is 10.2 Å². The molecular weight excluding hydrogens is 438 g/mol. The van der Waals surface area contributed by atoms with Crippen molar-refractivity contribution in [2.45, 2.75) is 12.8 Å². The van der Waals surface area contributed by atoms with Gasteiger partial charge < -0.3 is 20.4 Å². The van der Waals surface area contributed by atoms with E-state index in [2.05, 4.69) is 10.2 Å². The van der Waals surface area contributed by atoms with Crippen molar-refractivity contribution in [3.63, 3.8) is 0 Å². The summed E-state index contributed by atoms with van der Waals surface area (Å²) in [4.78, 5) is 51.1. The maximum atomic E-state index is 13.0. The van der Waals surface area contributed by atoms with Crippen LogP contribution in [0.15, 0.2) is 42.5 Å². The number of aliphatic carboxylic acids is 2. The molecule has 0 fully saturated rings. The van der Waals surface area contributed by atoms with E-state index in [1.54, 1.807) is 42.5 Å². The van der Waals surface area contributed by atoms with Gasteiger partial charge in [-0.25, -0.2) is 0 Å². The number of rotatable bonds is 13. The Morgan fingerprint density at radius 1 is 0.794 bits per heavy atom. The summed E-state index contributed by atoms with van der Waals surface area (Å²) in [6.07, 6.45) is 1.43. The first-order valence-electron chi connectivity index (χ1n) is 11.2. The molecule has 0 saturated heterocycles. The molecule has 1 aliphatic rings. The third kappa shape index (κ3) is 6.27. The van der Waals surface area contributed by atoms with E-state index in [9.17, 15) is 19.2 Å². The number of carboxylic acids is 2. The Bertz CT molecular complexity index is 1070. The van der Waals surface area contributed by atoms with Gasteiger partial charge in [0.25, 0.3) is 0 Å². The Kier molecular flexibility index (Phi) is 8.50. The minimum absolute atomic E-state index is 0.145. The molecule has 0 saturated carbocycles. The molecule has 0 atom stereocenters. The van der Waals surface area contributed by atoms with Gasteiger partial charge in [-0.2, -0.15) is 0 Å². The third-order valence-electron chi connectivity index (χ3n) is 5.72. The van der Waals surface area contributed by atoms with E-state index in [0.29, 0.717) is 54.0 Å². The summed E-state index contributed by atoms with van der Waals surface area (Å²) in [5.41, 5.74) is 2.33. The van der Waals surface area contributed by atoms with Crippen molar-refractivity contribution in [2.24, 2.45) is 0 Å². The average Bonchev–Trinajstić information content (AvgIpc) is 2.79. The summed E-state index contributed by atoms with van der Waals surface area (Å²) in [5.74, 6) is -2.40. The Morgan fingerprint density at radius 2 is 1.38 bits per heavy atom. The van der Waals surface area contributed by atoms with E-state index >= 15 is 0 Å². The smallest absolute Gasteiger partial charge is 0.317 e. The van der Waals surface area contributed by atoms with E-state index in [0.717, 1.165) is 13.0 Å². The predicted molar refractivity (Wildman–Crippen MR) is 127 cm³/mol. The molecule has 0 radical (unpaired) electrons.